The predicted molar refractivity (Wildman–Crippen MR) is 101 cm³/mol. The van der Waals surface area contributed by atoms with Gasteiger partial charge >= 0.3 is 0 Å². The van der Waals surface area contributed by atoms with Crippen LogP contribution in [0.15, 0.2) is 0 Å². The zero-order valence-electron chi connectivity index (χ0n) is 17.7. The van der Waals surface area contributed by atoms with E-state index in [1.165, 1.54) is 0 Å². The standard InChI is InChI=1S/C20H37N3O2/c1-10-19(11-2)15-22(17(5,6)7)16(24)20(12-3,13-4)23(19)25-18(8,9)14-21/h10-13,15H2,1-9H3. The first-order valence-corrected chi connectivity index (χ1v) is 9.62. The van der Waals surface area contributed by atoms with Crippen LogP contribution in [0.1, 0.15) is 88.0 Å². The fourth-order valence-corrected chi connectivity index (χ4v) is 3.80. The number of rotatable bonds is 6. The first-order chi connectivity index (χ1) is 11.4. The average molecular weight is 352 g/mol. The van der Waals surface area contributed by atoms with Crippen molar-refractivity contribution in [3.63, 3.8) is 0 Å². The largest absolute Gasteiger partial charge is 0.334 e. The molecule has 0 saturated carbocycles. The van der Waals surface area contributed by atoms with Gasteiger partial charge in [0.05, 0.1) is 11.6 Å². The molecular weight excluding hydrogens is 314 g/mol. The quantitative estimate of drug-likeness (QED) is 0.716. The normalized spacial score (nSPS) is 21.3. The molecule has 0 aromatic carbocycles. The van der Waals surface area contributed by atoms with Gasteiger partial charge < -0.3 is 4.90 Å². The molecule has 0 aromatic rings. The molecule has 1 aliphatic rings. The maximum Gasteiger partial charge on any atom is 0.245 e. The third-order valence-corrected chi connectivity index (χ3v) is 5.80. The monoisotopic (exact) mass is 351 g/mol. The number of amides is 1. The Morgan fingerprint density at radius 2 is 1.52 bits per heavy atom. The maximum atomic E-state index is 13.6. The van der Waals surface area contributed by atoms with E-state index in [9.17, 15) is 10.1 Å². The Hall–Kier alpha value is -1.12. The van der Waals surface area contributed by atoms with Crippen LogP contribution in [0.2, 0.25) is 0 Å². The van der Waals surface area contributed by atoms with Crippen molar-refractivity contribution >= 4 is 5.91 Å². The summed E-state index contributed by atoms with van der Waals surface area (Å²) >= 11 is 0. The zero-order valence-corrected chi connectivity index (χ0v) is 17.7. The Bertz CT molecular complexity index is 520. The molecule has 1 heterocycles. The van der Waals surface area contributed by atoms with Crippen LogP contribution in [-0.2, 0) is 9.63 Å². The summed E-state index contributed by atoms with van der Waals surface area (Å²) in [6, 6.07) is 2.23. The second-order valence-corrected chi connectivity index (χ2v) is 8.74. The minimum atomic E-state index is -0.977. The SMILES string of the molecule is CCC1(CC)CN(C(C)(C)C)C(=O)C(CC)(CC)N1OC(C)(C)C#N. The van der Waals surface area contributed by atoms with Gasteiger partial charge in [0.2, 0.25) is 5.91 Å². The van der Waals surface area contributed by atoms with Crippen LogP contribution in [0.4, 0.5) is 0 Å². The van der Waals surface area contributed by atoms with Gasteiger partial charge in [-0.2, -0.15) is 10.3 Å². The van der Waals surface area contributed by atoms with Crippen LogP contribution in [0.25, 0.3) is 0 Å². The van der Waals surface area contributed by atoms with Gasteiger partial charge in [-0.3, -0.25) is 9.63 Å². The lowest BCUT2D eigenvalue weighted by atomic mass is 9.77. The lowest BCUT2D eigenvalue weighted by molar-refractivity contribution is -0.330. The lowest BCUT2D eigenvalue weighted by Crippen LogP contribution is -2.77. The number of carbonyl (C=O) groups is 1. The van der Waals surface area contributed by atoms with Crippen molar-refractivity contribution in [1.29, 1.82) is 5.26 Å². The maximum absolute atomic E-state index is 13.6. The summed E-state index contributed by atoms with van der Waals surface area (Å²) in [6.07, 6.45) is 3.01. The molecule has 1 saturated heterocycles. The minimum absolute atomic E-state index is 0.108. The fourth-order valence-electron chi connectivity index (χ4n) is 3.80. The number of nitriles is 1. The van der Waals surface area contributed by atoms with E-state index in [4.69, 9.17) is 4.84 Å². The van der Waals surface area contributed by atoms with Gasteiger partial charge in [-0.05, 0) is 60.3 Å². The molecule has 1 aliphatic heterocycles. The van der Waals surface area contributed by atoms with E-state index in [1.54, 1.807) is 13.8 Å². The number of hydroxylamine groups is 2. The summed E-state index contributed by atoms with van der Waals surface area (Å²) in [4.78, 5) is 21.9. The summed E-state index contributed by atoms with van der Waals surface area (Å²) in [5, 5.41) is 11.4. The molecule has 144 valence electrons. The van der Waals surface area contributed by atoms with E-state index >= 15 is 0 Å². The topological polar surface area (TPSA) is 56.6 Å². The number of piperazine rings is 1. The molecule has 0 bridgehead atoms. The molecule has 5 nitrogen and oxygen atoms in total. The van der Waals surface area contributed by atoms with Crippen molar-refractivity contribution in [3.8, 4) is 6.07 Å². The molecule has 25 heavy (non-hydrogen) atoms. The van der Waals surface area contributed by atoms with Crippen molar-refractivity contribution in [2.45, 2.75) is 110 Å². The highest BCUT2D eigenvalue weighted by molar-refractivity contribution is 5.88. The molecule has 1 fully saturated rings. The van der Waals surface area contributed by atoms with E-state index in [2.05, 4.69) is 40.7 Å². The number of nitrogens with zero attached hydrogens (tertiary/aromatic N) is 3. The molecule has 1 amide bonds. The molecule has 1 rings (SSSR count). The Morgan fingerprint density at radius 3 is 1.84 bits per heavy atom. The van der Waals surface area contributed by atoms with Crippen molar-refractivity contribution < 1.29 is 9.63 Å². The molecule has 5 heteroatoms. The van der Waals surface area contributed by atoms with E-state index < -0.39 is 11.1 Å². The highest BCUT2D eigenvalue weighted by atomic mass is 16.7. The van der Waals surface area contributed by atoms with Crippen LogP contribution in [0.5, 0.6) is 0 Å². The molecule has 0 atom stereocenters. The average Bonchev–Trinajstić information content (AvgIpc) is 2.55. The van der Waals surface area contributed by atoms with Crippen molar-refractivity contribution in [3.05, 3.63) is 0 Å². The third kappa shape index (κ3) is 3.71. The van der Waals surface area contributed by atoms with E-state index in [-0.39, 0.29) is 17.0 Å². The lowest BCUT2D eigenvalue weighted by Gasteiger charge is -2.61. The van der Waals surface area contributed by atoms with Crippen LogP contribution in [-0.4, -0.2) is 44.6 Å². The Morgan fingerprint density at radius 1 is 1.04 bits per heavy atom. The van der Waals surface area contributed by atoms with E-state index in [0.29, 0.717) is 19.4 Å². The summed E-state index contributed by atoms with van der Waals surface area (Å²) in [7, 11) is 0. The minimum Gasteiger partial charge on any atom is -0.334 e. The van der Waals surface area contributed by atoms with Gasteiger partial charge in [-0.1, -0.05) is 27.7 Å². The van der Waals surface area contributed by atoms with Crippen molar-refractivity contribution in [2.24, 2.45) is 0 Å². The van der Waals surface area contributed by atoms with Crippen molar-refractivity contribution in [2.75, 3.05) is 6.54 Å². The number of hydrogen-bond donors (Lipinski definition) is 0. The van der Waals surface area contributed by atoms with Gasteiger partial charge in [0.25, 0.3) is 0 Å². The number of carbonyl (C=O) groups excluding carboxylic acids is 1. The smallest absolute Gasteiger partial charge is 0.245 e. The highest BCUT2D eigenvalue weighted by Gasteiger charge is 2.60. The summed E-state index contributed by atoms with van der Waals surface area (Å²) in [6.45, 7) is 18.8. The first-order valence-electron chi connectivity index (χ1n) is 9.62. The zero-order chi connectivity index (χ0) is 19.7. The molecule has 0 aromatic heterocycles. The van der Waals surface area contributed by atoms with Gasteiger partial charge in [0, 0.05) is 12.1 Å². The summed E-state index contributed by atoms with van der Waals surface area (Å²) in [5.74, 6) is 0.108. The summed E-state index contributed by atoms with van der Waals surface area (Å²) < 4.78 is 0. The van der Waals surface area contributed by atoms with Gasteiger partial charge in [-0.25, -0.2) is 0 Å². The number of hydrogen-bond acceptors (Lipinski definition) is 4. The molecule has 0 N–H and O–H groups in total. The first kappa shape index (κ1) is 21.9. The van der Waals surface area contributed by atoms with E-state index in [1.807, 2.05) is 23.8 Å². The van der Waals surface area contributed by atoms with Crippen LogP contribution < -0.4 is 0 Å². The van der Waals surface area contributed by atoms with Crippen LogP contribution in [0, 0.1) is 11.3 Å². The van der Waals surface area contributed by atoms with E-state index in [0.717, 1.165) is 12.8 Å². The second kappa shape index (κ2) is 7.25. The van der Waals surface area contributed by atoms with Crippen molar-refractivity contribution in [1.82, 2.24) is 9.96 Å². The molecule has 0 aliphatic carbocycles. The Labute approximate surface area is 154 Å². The van der Waals surface area contributed by atoms with Crippen LogP contribution >= 0.6 is 0 Å². The highest BCUT2D eigenvalue weighted by Crippen LogP contribution is 2.45. The van der Waals surface area contributed by atoms with Gasteiger partial charge in [0.1, 0.15) is 5.54 Å². The molecule has 0 radical (unpaired) electrons. The Balaban J connectivity index is 3.62. The third-order valence-electron chi connectivity index (χ3n) is 5.80. The van der Waals surface area contributed by atoms with Crippen LogP contribution in [0.3, 0.4) is 0 Å². The second-order valence-electron chi connectivity index (χ2n) is 8.74. The molecule has 0 unspecified atom stereocenters. The fraction of sp³-hybridized carbons (Fsp3) is 0.900. The molecule has 0 spiro atoms. The molecular formula is C20H37N3O2. The summed E-state index contributed by atoms with van der Waals surface area (Å²) in [5.41, 5.74) is -2.28. The Kier molecular flexibility index (Phi) is 6.35. The predicted octanol–water partition coefficient (Wildman–Crippen LogP) is 4.28. The van der Waals surface area contributed by atoms with Gasteiger partial charge in [-0.15, -0.1) is 0 Å². The van der Waals surface area contributed by atoms with Gasteiger partial charge in [0.15, 0.2) is 5.60 Å².